The maximum atomic E-state index is 5.87. The first-order chi connectivity index (χ1) is 10.3. The van der Waals surface area contributed by atoms with Crippen molar-refractivity contribution in [3.63, 3.8) is 0 Å². The van der Waals surface area contributed by atoms with Gasteiger partial charge in [0.05, 0.1) is 11.2 Å². The third-order valence-electron chi connectivity index (χ3n) is 3.62. The van der Waals surface area contributed by atoms with Gasteiger partial charge in [-0.25, -0.2) is 0 Å². The molecule has 0 radical (unpaired) electrons. The molecule has 3 aromatic rings. The van der Waals surface area contributed by atoms with E-state index in [0.29, 0.717) is 12.4 Å². The van der Waals surface area contributed by atoms with Gasteiger partial charge in [0.15, 0.2) is 0 Å². The van der Waals surface area contributed by atoms with Crippen molar-refractivity contribution in [2.45, 2.75) is 13.0 Å². The predicted molar refractivity (Wildman–Crippen MR) is 91.5 cm³/mol. The van der Waals surface area contributed by atoms with Crippen molar-refractivity contribution in [1.29, 1.82) is 0 Å². The van der Waals surface area contributed by atoms with E-state index in [9.17, 15) is 0 Å². The molecule has 0 amide bonds. The van der Waals surface area contributed by atoms with Gasteiger partial charge in [0.25, 0.3) is 0 Å². The molecule has 108 valence electrons. The van der Waals surface area contributed by atoms with E-state index in [2.05, 4.69) is 71.8 Å². The van der Waals surface area contributed by atoms with E-state index < -0.39 is 0 Å². The minimum Gasteiger partial charge on any atom is -0.371 e. The van der Waals surface area contributed by atoms with Gasteiger partial charge in [0.1, 0.15) is 6.10 Å². The van der Waals surface area contributed by atoms with Gasteiger partial charge in [-0.15, -0.1) is 0 Å². The van der Waals surface area contributed by atoms with Crippen molar-refractivity contribution in [1.82, 2.24) is 4.57 Å². The topological polar surface area (TPSA) is 14.2 Å². The number of rotatable bonds is 5. The van der Waals surface area contributed by atoms with Crippen LogP contribution in [-0.2, 0) is 4.74 Å². The van der Waals surface area contributed by atoms with Gasteiger partial charge in [-0.3, -0.25) is 0 Å². The monoisotopic (exact) mass is 297 g/mol. The molecule has 3 rings (SSSR count). The van der Waals surface area contributed by atoms with Gasteiger partial charge >= 0.3 is 0 Å². The molecule has 0 fully saturated rings. The number of hydrogen-bond donors (Lipinski definition) is 1. The maximum absolute atomic E-state index is 5.87. The summed E-state index contributed by atoms with van der Waals surface area (Å²) in [7, 11) is 0. The van der Waals surface area contributed by atoms with Crippen LogP contribution >= 0.6 is 12.6 Å². The summed E-state index contributed by atoms with van der Waals surface area (Å²) in [5.41, 5.74) is 3.50. The number of aromatic nitrogens is 1. The first kappa shape index (κ1) is 14.2. The summed E-state index contributed by atoms with van der Waals surface area (Å²) in [6, 6.07) is 21.0. The maximum Gasteiger partial charge on any atom is 0.107 e. The summed E-state index contributed by atoms with van der Waals surface area (Å²) in [6.07, 6.45) is -0.00839. The predicted octanol–water partition coefficient (Wildman–Crippen LogP) is 4.64. The van der Waals surface area contributed by atoms with E-state index in [-0.39, 0.29) is 6.10 Å². The Hall–Kier alpha value is -1.71. The normalized spacial score (nSPS) is 12.7. The highest BCUT2D eigenvalue weighted by atomic mass is 32.1. The molecule has 2 aromatic carbocycles. The molecule has 1 heterocycles. The number of hydrogen-bond acceptors (Lipinski definition) is 2. The second-order valence-corrected chi connectivity index (χ2v) is 5.29. The van der Waals surface area contributed by atoms with E-state index in [0.717, 1.165) is 11.4 Å². The molecule has 0 spiro atoms. The Morgan fingerprint density at radius 1 is 1.05 bits per heavy atom. The fraction of sp³-hybridized carbons (Fsp3) is 0.222. The summed E-state index contributed by atoms with van der Waals surface area (Å²) in [5, 5.41) is 1.22. The van der Waals surface area contributed by atoms with Gasteiger partial charge in [0, 0.05) is 23.4 Å². The van der Waals surface area contributed by atoms with E-state index in [4.69, 9.17) is 4.74 Å². The highest BCUT2D eigenvalue weighted by Gasteiger charge is 2.18. The first-order valence-electron chi connectivity index (χ1n) is 7.23. The summed E-state index contributed by atoms with van der Waals surface area (Å²) in [4.78, 5) is 0. The fourth-order valence-corrected chi connectivity index (χ4v) is 3.00. The van der Waals surface area contributed by atoms with Crippen LogP contribution in [0.25, 0.3) is 16.6 Å². The van der Waals surface area contributed by atoms with Crippen LogP contribution in [0.15, 0.2) is 60.7 Å². The molecule has 0 aliphatic heterocycles. The summed E-state index contributed by atoms with van der Waals surface area (Å²) < 4.78 is 8.14. The average Bonchev–Trinajstić information content (AvgIpc) is 2.92. The third kappa shape index (κ3) is 2.71. The molecule has 0 N–H and O–H groups in total. The Labute approximate surface area is 130 Å². The van der Waals surface area contributed by atoms with Gasteiger partial charge in [0.2, 0.25) is 0 Å². The zero-order valence-electron chi connectivity index (χ0n) is 12.1. The molecule has 21 heavy (non-hydrogen) atoms. The second-order valence-electron chi connectivity index (χ2n) is 4.93. The zero-order chi connectivity index (χ0) is 14.7. The minimum atomic E-state index is -0.00839. The van der Waals surface area contributed by atoms with Crippen LogP contribution in [0, 0.1) is 0 Å². The molecule has 1 aromatic heterocycles. The number of thiol groups is 1. The average molecular weight is 297 g/mol. The molecule has 0 aliphatic rings. The number of para-hydroxylation sites is 2. The van der Waals surface area contributed by atoms with Crippen molar-refractivity contribution in [3.05, 3.63) is 66.4 Å². The molecule has 0 bridgehead atoms. The summed E-state index contributed by atoms with van der Waals surface area (Å²) in [6.45, 7) is 2.70. The first-order valence-corrected chi connectivity index (χ1v) is 7.86. The molecule has 1 unspecified atom stereocenters. The highest BCUT2D eigenvalue weighted by molar-refractivity contribution is 7.80. The summed E-state index contributed by atoms with van der Waals surface area (Å²) >= 11 is 4.46. The van der Waals surface area contributed by atoms with Gasteiger partial charge in [-0.05, 0) is 31.2 Å². The Bertz CT molecular complexity index is 720. The lowest BCUT2D eigenvalue weighted by atomic mass is 10.2. The lowest BCUT2D eigenvalue weighted by molar-refractivity contribution is 0.0762. The van der Waals surface area contributed by atoms with Crippen LogP contribution < -0.4 is 0 Å². The lowest BCUT2D eigenvalue weighted by Gasteiger charge is -2.18. The third-order valence-corrected chi connectivity index (χ3v) is 3.95. The Balaban J connectivity index is 2.23. The van der Waals surface area contributed by atoms with Crippen molar-refractivity contribution in [2.75, 3.05) is 12.4 Å². The fourth-order valence-electron chi connectivity index (χ4n) is 2.71. The van der Waals surface area contributed by atoms with Crippen molar-refractivity contribution < 1.29 is 4.74 Å². The molecule has 1 atom stereocenters. The Kier molecular flexibility index (Phi) is 4.32. The number of ether oxygens (including phenoxy) is 1. The molecule has 3 heteroatoms. The molecule has 2 nitrogen and oxygen atoms in total. The molecule has 0 saturated heterocycles. The zero-order valence-corrected chi connectivity index (χ0v) is 13.0. The SMILES string of the molecule is CCOC(CS)c1cc2ccccc2n1-c1ccccc1. The summed E-state index contributed by atoms with van der Waals surface area (Å²) in [5.74, 6) is 0.664. The highest BCUT2D eigenvalue weighted by Crippen LogP contribution is 2.30. The lowest BCUT2D eigenvalue weighted by Crippen LogP contribution is -2.11. The number of fused-ring (bicyclic) bond motifs is 1. The van der Waals surface area contributed by atoms with Crippen LogP contribution in [0.2, 0.25) is 0 Å². The molecule has 0 aliphatic carbocycles. The smallest absolute Gasteiger partial charge is 0.107 e. The van der Waals surface area contributed by atoms with E-state index in [1.165, 1.54) is 10.9 Å². The van der Waals surface area contributed by atoms with Crippen molar-refractivity contribution in [2.24, 2.45) is 0 Å². The number of benzene rings is 2. The van der Waals surface area contributed by atoms with Gasteiger partial charge in [-0.1, -0.05) is 36.4 Å². The van der Waals surface area contributed by atoms with E-state index in [1.54, 1.807) is 0 Å². The van der Waals surface area contributed by atoms with Gasteiger partial charge < -0.3 is 9.30 Å². The standard InChI is InChI=1S/C18H19NOS/c1-2-20-18(13-21)17-12-14-8-6-7-11-16(14)19(17)15-9-4-3-5-10-15/h3-12,18,21H,2,13H2,1H3. The van der Waals surface area contributed by atoms with Crippen LogP contribution in [0.3, 0.4) is 0 Å². The van der Waals surface area contributed by atoms with Crippen molar-refractivity contribution in [3.8, 4) is 5.69 Å². The Morgan fingerprint density at radius 3 is 2.48 bits per heavy atom. The molecule has 0 saturated carbocycles. The largest absolute Gasteiger partial charge is 0.371 e. The van der Waals surface area contributed by atoms with Crippen LogP contribution in [0.1, 0.15) is 18.7 Å². The van der Waals surface area contributed by atoms with Gasteiger partial charge in [-0.2, -0.15) is 12.6 Å². The van der Waals surface area contributed by atoms with Crippen LogP contribution in [-0.4, -0.2) is 16.9 Å². The Morgan fingerprint density at radius 2 is 1.76 bits per heavy atom. The molecular formula is C18H19NOS. The van der Waals surface area contributed by atoms with E-state index in [1.807, 2.05) is 13.0 Å². The van der Waals surface area contributed by atoms with Crippen molar-refractivity contribution >= 4 is 23.5 Å². The van der Waals surface area contributed by atoms with E-state index >= 15 is 0 Å². The quantitative estimate of drug-likeness (QED) is 0.678. The van der Waals surface area contributed by atoms with Crippen LogP contribution in [0.4, 0.5) is 0 Å². The second kappa shape index (κ2) is 6.37. The number of nitrogens with zero attached hydrogens (tertiary/aromatic N) is 1. The molecular weight excluding hydrogens is 278 g/mol. The minimum absolute atomic E-state index is 0.00839. The van der Waals surface area contributed by atoms with Crippen LogP contribution in [0.5, 0.6) is 0 Å².